The minimum atomic E-state index is -0.313. The van der Waals surface area contributed by atoms with Crippen LogP contribution in [0.2, 0.25) is 0 Å². The molecule has 1 heterocycles. The summed E-state index contributed by atoms with van der Waals surface area (Å²) < 4.78 is 6.76. The van der Waals surface area contributed by atoms with Gasteiger partial charge in [0.2, 0.25) is 0 Å². The number of aromatic amines is 1. The van der Waals surface area contributed by atoms with Gasteiger partial charge in [-0.3, -0.25) is 9.55 Å². The molecule has 0 spiro atoms. The lowest BCUT2D eigenvalue weighted by atomic mass is 10.3. The standard InChI is InChI=1S/C10H18N2O3/c1-3-5-6-12-9(15-7-4-2)8(13)11-10(12)14/h13H,3-7H2,1-2H3,(H,11,14). The van der Waals surface area contributed by atoms with Crippen molar-refractivity contribution in [3.05, 3.63) is 10.5 Å². The molecule has 15 heavy (non-hydrogen) atoms. The highest BCUT2D eigenvalue weighted by molar-refractivity contribution is 5.25. The van der Waals surface area contributed by atoms with Gasteiger partial charge in [-0.2, -0.15) is 0 Å². The minimum Gasteiger partial charge on any atom is -0.491 e. The van der Waals surface area contributed by atoms with Crippen molar-refractivity contribution in [2.24, 2.45) is 0 Å². The summed E-state index contributed by atoms with van der Waals surface area (Å²) in [5.74, 6) is 0.0832. The molecule has 0 aliphatic rings. The van der Waals surface area contributed by atoms with Crippen molar-refractivity contribution in [3.8, 4) is 11.8 Å². The quantitative estimate of drug-likeness (QED) is 0.753. The van der Waals surface area contributed by atoms with Gasteiger partial charge in [0, 0.05) is 6.54 Å². The van der Waals surface area contributed by atoms with Crippen LogP contribution in [0.3, 0.4) is 0 Å². The van der Waals surface area contributed by atoms with E-state index >= 15 is 0 Å². The lowest BCUT2D eigenvalue weighted by molar-refractivity contribution is 0.271. The first-order valence-corrected chi connectivity index (χ1v) is 5.35. The van der Waals surface area contributed by atoms with Crippen molar-refractivity contribution in [2.75, 3.05) is 6.61 Å². The summed E-state index contributed by atoms with van der Waals surface area (Å²) in [4.78, 5) is 13.7. The molecule has 0 fully saturated rings. The van der Waals surface area contributed by atoms with Gasteiger partial charge in [0.1, 0.15) is 0 Å². The van der Waals surface area contributed by atoms with Crippen LogP contribution >= 0.6 is 0 Å². The third-order valence-corrected chi connectivity index (χ3v) is 2.10. The molecule has 86 valence electrons. The van der Waals surface area contributed by atoms with E-state index in [2.05, 4.69) is 4.98 Å². The Morgan fingerprint density at radius 2 is 2.13 bits per heavy atom. The summed E-state index contributed by atoms with van der Waals surface area (Å²) in [5, 5.41) is 9.44. The van der Waals surface area contributed by atoms with Gasteiger partial charge < -0.3 is 9.84 Å². The average molecular weight is 214 g/mol. The summed E-state index contributed by atoms with van der Waals surface area (Å²) in [5.41, 5.74) is -0.313. The van der Waals surface area contributed by atoms with Crippen LogP contribution in [-0.2, 0) is 6.54 Å². The van der Waals surface area contributed by atoms with E-state index < -0.39 is 0 Å². The number of imidazole rings is 1. The number of unbranched alkanes of at least 4 members (excludes halogenated alkanes) is 1. The van der Waals surface area contributed by atoms with Crippen molar-refractivity contribution >= 4 is 0 Å². The molecule has 0 unspecified atom stereocenters. The largest absolute Gasteiger partial charge is 0.491 e. The van der Waals surface area contributed by atoms with Crippen LogP contribution in [0.25, 0.3) is 0 Å². The van der Waals surface area contributed by atoms with Gasteiger partial charge >= 0.3 is 5.69 Å². The zero-order chi connectivity index (χ0) is 11.3. The fourth-order valence-corrected chi connectivity index (χ4v) is 1.31. The average Bonchev–Trinajstić information content (AvgIpc) is 2.47. The molecule has 0 aromatic carbocycles. The van der Waals surface area contributed by atoms with Crippen molar-refractivity contribution < 1.29 is 9.84 Å². The Morgan fingerprint density at radius 3 is 2.73 bits per heavy atom. The number of rotatable bonds is 6. The van der Waals surface area contributed by atoms with E-state index in [1.807, 2.05) is 13.8 Å². The summed E-state index contributed by atoms with van der Waals surface area (Å²) in [6.07, 6.45) is 2.72. The molecule has 0 aliphatic heterocycles. The predicted molar refractivity (Wildman–Crippen MR) is 57.4 cm³/mol. The monoisotopic (exact) mass is 214 g/mol. The third kappa shape index (κ3) is 2.78. The second-order valence-corrected chi connectivity index (χ2v) is 3.44. The number of H-pyrrole nitrogens is 1. The Morgan fingerprint density at radius 1 is 1.40 bits per heavy atom. The van der Waals surface area contributed by atoms with Gasteiger partial charge in [0.05, 0.1) is 6.61 Å². The normalized spacial score (nSPS) is 10.5. The minimum absolute atomic E-state index is 0.176. The van der Waals surface area contributed by atoms with Crippen LogP contribution in [0.1, 0.15) is 33.1 Å². The van der Waals surface area contributed by atoms with Crippen molar-refractivity contribution in [3.63, 3.8) is 0 Å². The molecule has 0 amide bonds. The van der Waals surface area contributed by atoms with Gasteiger partial charge in [0.15, 0.2) is 0 Å². The van der Waals surface area contributed by atoms with Crippen LogP contribution in [0.15, 0.2) is 4.79 Å². The van der Waals surface area contributed by atoms with Crippen molar-refractivity contribution in [1.82, 2.24) is 9.55 Å². The fourth-order valence-electron chi connectivity index (χ4n) is 1.31. The maximum absolute atomic E-state index is 11.4. The summed E-state index contributed by atoms with van der Waals surface area (Å²) >= 11 is 0. The molecule has 1 aromatic rings. The van der Waals surface area contributed by atoms with Crippen molar-refractivity contribution in [1.29, 1.82) is 0 Å². The van der Waals surface area contributed by atoms with Gasteiger partial charge in [-0.1, -0.05) is 20.3 Å². The molecule has 5 heteroatoms. The van der Waals surface area contributed by atoms with Crippen LogP contribution in [-0.4, -0.2) is 21.3 Å². The van der Waals surface area contributed by atoms with E-state index in [1.165, 1.54) is 4.57 Å². The Kier molecular flexibility index (Phi) is 4.27. The molecule has 2 N–H and O–H groups in total. The molecular formula is C10H18N2O3. The maximum atomic E-state index is 11.4. The zero-order valence-electron chi connectivity index (χ0n) is 9.25. The second-order valence-electron chi connectivity index (χ2n) is 3.44. The topological polar surface area (TPSA) is 67.2 Å². The van der Waals surface area contributed by atoms with Crippen LogP contribution in [0, 0.1) is 0 Å². The molecule has 0 aliphatic carbocycles. The zero-order valence-corrected chi connectivity index (χ0v) is 9.25. The highest BCUT2D eigenvalue weighted by Crippen LogP contribution is 2.21. The summed E-state index contributed by atoms with van der Waals surface area (Å²) in [6.45, 7) is 5.09. The molecule has 0 atom stereocenters. The molecule has 1 aromatic heterocycles. The summed E-state index contributed by atoms with van der Waals surface area (Å²) in [7, 11) is 0. The van der Waals surface area contributed by atoms with Gasteiger partial charge in [0.25, 0.3) is 11.8 Å². The van der Waals surface area contributed by atoms with E-state index in [9.17, 15) is 9.90 Å². The van der Waals surface area contributed by atoms with E-state index in [0.29, 0.717) is 13.2 Å². The Balaban J connectivity index is 2.85. The molecular weight excluding hydrogens is 196 g/mol. The molecule has 0 bridgehead atoms. The van der Waals surface area contributed by atoms with Gasteiger partial charge in [-0.05, 0) is 12.8 Å². The van der Waals surface area contributed by atoms with E-state index in [4.69, 9.17) is 4.74 Å². The van der Waals surface area contributed by atoms with E-state index in [0.717, 1.165) is 19.3 Å². The number of hydrogen-bond acceptors (Lipinski definition) is 3. The van der Waals surface area contributed by atoms with Crippen LogP contribution < -0.4 is 10.4 Å². The molecule has 0 saturated heterocycles. The second kappa shape index (κ2) is 5.48. The smallest absolute Gasteiger partial charge is 0.331 e. The first-order valence-electron chi connectivity index (χ1n) is 5.35. The third-order valence-electron chi connectivity index (χ3n) is 2.10. The number of nitrogens with one attached hydrogen (secondary N) is 1. The fraction of sp³-hybridized carbons (Fsp3) is 0.700. The number of ether oxygens (including phenoxy) is 1. The summed E-state index contributed by atoms with van der Waals surface area (Å²) in [6, 6.07) is 0. The molecule has 0 saturated carbocycles. The molecule has 5 nitrogen and oxygen atoms in total. The SMILES string of the molecule is CCCCn1c(OCCC)c(O)[nH]c1=O. The first kappa shape index (κ1) is 11.7. The number of hydrogen-bond donors (Lipinski definition) is 2. The Labute approximate surface area is 88.7 Å². The maximum Gasteiger partial charge on any atom is 0.331 e. The molecule has 1 rings (SSSR count). The number of nitrogens with zero attached hydrogens (tertiary/aromatic N) is 1. The van der Waals surface area contributed by atoms with E-state index in [-0.39, 0.29) is 17.4 Å². The Hall–Kier alpha value is -1.39. The lowest BCUT2D eigenvalue weighted by Crippen LogP contribution is -2.18. The highest BCUT2D eigenvalue weighted by atomic mass is 16.5. The number of aromatic nitrogens is 2. The number of aromatic hydroxyl groups is 1. The first-order chi connectivity index (χ1) is 7.20. The highest BCUT2D eigenvalue weighted by Gasteiger charge is 2.13. The predicted octanol–water partition coefficient (Wildman–Crippen LogP) is 1.47. The van der Waals surface area contributed by atoms with Crippen molar-refractivity contribution in [2.45, 2.75) is 39.7 Å². The molecule has 0 radical (unpaired) electrons. The van der Waals surface area contributed by atoms with Crippen LogP contribution in [0.5, 0.6) is 11.8 Å². The Bertz CT molecular complexity index is 354. The van der Waals surface area contributed by atoms with E-state index in [1.54, 1.807) is 0 Å². The van der Waals surface area contributed by atoms with Crippen LogP contribution in [0.4, 0.5) is 0 Å². The van der Waals surface area contributed by atoms with Gasteiger partial charge in [-0.25, -0.2) is 4.79 Å². The van der Waals surface area contributed by atoms with Gasteiger partial charge in [-0.15, -0.1) is 0 Å². The lowest BCUT2D eigenvalue weighted by Gasteiger charge is -2.07.